The molecule has 1 aliphatic rings. The maximum atomic E-state index is 11.0. The number of carbonyl (C=O) groups is 2. The van der Waals surface area contributed by atoms with Crippen LogP contribution in [0.5, 0.6) is 0 Å². The zero-order chi connectivity index (χ0) is 13.3. The molecule has 0 aliphatic heterocycles. The highest BCUT2D eigenvalue weighted by Gasteiger charge is 2.49. The average molecular weight is 244 g/mol. The van der Waals surface area contributed by atoms with Gasteiger partial charge in [-0.05, 0) is 12.2 Å². The van der Waals surface area contributed by atoms with Crippen LogP contribution in [0.15, 0.2) is 24.0 Å². The number of carboxylic acid groups (broad SMARTS) is 2. The second-order valence-electron chi connectivity index (χ2n) is 3.41. The fourth-order valence-corrected chi connectivity index (χ4v) is 1.47. The molecule has 7 nitrogen and oxygen atoms in total. The van der Waals surface area contributed by atoms with E-state index in [1.165, 1.54) is 0 Å². The van der Waals surface area contributed by atoms with Crippen LogP contribution in [0.25, 0.3) is 0 Å². The third-order valence-electron chi connectivity index (χ3n) is 2.61. The predicted octanol–water partition coefficient (Wildman–Crippen LogP) is -0.0623. The number of ether oxygens (including phenoxy) is 2. The first-order chi connectivity index (χ1) is 7.84. The lowest BCUT2D eigenvalue weighted by Crippen LogP contribution is -2.48. The molecular formula is C10H12O7. The van der Waals surface area contributed by atoms with Gasteiger partial charge >= 0.3 is 11.9 Å². The molecule has 0 heterocycles. The van der Waals surface area contributed by atoms with Crippen LogP contribution >= 0.6 is 0 Å². The van der Waals surface area contributed by atoms with Crippen LogP contribution in [0.1, 0.15) is 0 Å². The van der Waals surface area contributed by atoms with E-state index >= 15 is 0 Å². The molecular weight excluding hydrogens is 232 g/mol. The van der Waals surface area contributed by atoms with Crippen LogP contribution in [-0.2, 0) is 19.1 Å². The van der Waals surface area contributed by atoms with Crippen molar-refractivity contribution in [2.24, 2.45) is 0 Å². The van der Waals surface area contributed by atoms with Crippen molar-refractivity contribution in [2.75, 3.05) is 14.2 Å². The molecule has 2 atom stereocenters. The SMILES string of the molecule is COC1(C(=O)O)C=CC(OC)(C(=O)O)C(O)=C1. The molecule has 0 aromatic carbocycles. The maximum absolute atomic E-state index is 11.0. The first-order valence-corrected chi connectivity index (χ1v) is 4.54. The summed E-state index contributed by atoms with van der Waals surface area (Å²) in [4.78, 5) is 22.0. The summed E-state index contributed by atoms with van der Waals surface area (Å²) in [5, 5.41) is 27.6. The molecule has 0 fully saturated rings. The van der Waals surface area contributed by atoms with Gasteiger partial charge in [-0.2, -0.15) is 0 Å². The standard InChI is InChI=1S/C10H12O7/c1-16-9(7(12)13)3-4-10(17-2,8(14)15)6(11)5-9/h3-5,11H,1-2H3,(H,12,13)(H,14,15). The Morgan fingerprint density at radius 1 is 1.12 bits per heavy atom. The summed E-state index contributed by atoms with van der Waals surface area (Å²) in [6.07, 6.45) is 2.72. The van der Waals surface area contributed by atoms with E-state index in [4.69, 9.17) is 19.7 Å². The number of hydrogen-bond donors (Lipinski definition) is 3. The van der Waals surface area contributed by atoms with Crippen molar-refractivity contribution in [3.63, 3.8) is 0 Å². The van der Waals surface area contributed by atoms with Crippen LogP contribution in [-0.4, -0.2) is 52.7 Å². The fourth-order valence-electron chi connectivity index (χ4n) is 1.47. The summed E-state index contributed by atoms with van der Waals surface area (Å²) in [6, 6.07) is 0. The van der Waals surface area contributed by atoms with E-state index in [0.29, 0.717) is 0 Å². The minimum atomic E-state index is -2.07. The number of carboxylic acids is 2. The van der Waals surface area contributed by atoms with Gasteiger partial charge in [0.2, 0.25) is 11.2 Å². The lowest BCUT2D eigenvalue weighted by molar-refractivity contribution is -0.159. The van der Waals surface area contributed by atoms with Crippen molar-refractivity contribution in [3.05, 3.63) is 24.0 Å². The van der Waals surface area contributed by atoms with E-state index in [1.54, 1.807) is 0 Å². The first-order valence-electron chi connectivity index (χ1n) is 4.54. The summed E-state index contributed by atoms with van der Waals surface area (Å²) in [5.74, 6) is -3.59. The van der Waals surface area contributed by atoms with Crippen molar-refractivity contribution in [3.8, 4) is 0 Å². The second-order valence-corrected chi connectivity index (χ2v) is 3.41. The molecule has 1 aliphatic carbocycles. The summed E-state index contributed by atoms with van der Waals surface area (Å²) >= 11 is 0. The van der Waals surface area contributed by atoms with Crippen LogP contribution < -0.4 is 0 Å². The van der Waals surface area contributed by atoms with Gasteiger partial charge in [0.1, 0.15) is 5.76 Å². The molecule has 1 rings (SSSR count). The average Bonchev–Trinajstić information content (AvgIpc) is 2.28. The summed E-state index contributed by atoms with van der Waals surface area (Å²) in [5.41, 5.74) is -3.96. The zero-order valence-corrected chi connectivity index (χ0v) is 9.21. The van der Waals surface area contributed by atoms with Crippen LogP contribution in [0.2, 0.25) is 0 Å². The third kappa shape index (κ3) is 1.79. The topological polar surface area (TPSA) is 113 Å². The van der Waals surface area contributed by atoms with E-state index in [1.807, 2.05) is 0 Å². The Morgan fingerprint density at radius 2 is 1.71 bits per heavy atom. The van der Waals surface area contributed by atoms with Gasteiger partial charge in [0.25, 0.3) is 0 Å². The van der Waals surface area contributed by atoms with Gasteiger partial charge in [-0.1, -0.05) is 0 Å². The van der Waals surface area contributed by atoms with Gasteiger partial charge in [0.15, 0.2) is 0 Å². The molecule has 0 aromatic rings. The predicted molar refractivity (Wildman–Crippen MR) is 54.6 cm³/mol. The van der Waals surface area contributed by atoms with E-state index < -0.39 is 28.9 Å². The van der Waals surface area contributed by atoms with Gasteiger partial charge in [-0.25, -0.2) is 9.59 Å². The Kier molecular flexibility index (Phi) is 3.25. The number of aliphatic hydroxyl groups excluding tert-OH is 1. The van der Waals surface area contributed by atoms with Crippen LogP contribution in [0.3, 0.4) is 0 Å². The Bertz CT molecular complexity index is 411. The lowest BCUT2D eigenvalue weighted by Gasteiger charge is -2.32. The summed E-state index contributed by atoms with van der Waals surface area (Å²) in [7, 11) is 2.21. The molecule has 0 amide bonds. The van der Waals surface area contributed by atoms with E-state index in [0.717, 1.165) is 32.4 Å². The van der Waals surface area contributed by atoms with E-state index in [-0.39, 0.29) is 0 Å². The highest BCUT2D eigenvalue weighted by Crippen LogP contribution is 2.32. The van der Waals surface area contributed by atoms with Crippen LogP contribution in [0, 0.1) is 0 Å². The molecule has 0 radical (unpaired) electrons. The molecule has 3 N–H and O–H groups in total. The zero-order valence-electron chi connectivity index (χ0n) is 9.21. The summed E-state index contributed by atoms with van der Waals surface area (Å²) in [6.45, 7) is 0. The van der Waals surface area contributed by atoms with Crippen molar-refractivity contribution in [2.45, 2.75) is 11.2 Å². The highest BCUT2D eigenvalue weighted by atomic mass is 16.5. The van der Waals surface area contributed by atoms with Gasteiger partial charge in [0, 0.05) is 20.3 Å². The van der Waals surface area contributed by atoms with Gasteiger partial charge in [-0.15, -0.1) is 0 Å². The van der Waals surface area contributed by atoms with Gasteiger partial charge in [0.05, 0.1) is 0 Å². The molecule has 0 aromatic heterocycles. The van der Waals surface area contributed by atoms with E-state index in [2.05, 4.69) is 0 Å². The normalized spacial score (nSPS) is 32.0. The smallest absolute Gasteiger partial charge is 0.348 e. The van der Waals surface area contributed by atoms with Crippen molar-refractivity contribution in [1.29, 1.82) is 0 Å². The van der Waals surface area contributed by atoms with Crippen LogP contribution in [0.4, 0.5) is 0 Å². The minimum Gasteiger partial charge on any atom is -0.508 e. The highest BCUT2D eigenvalue weighted by molar-refractivity contribution is 5.89. The fraction of sp³-hybridized carbons (Fsp3) is 0.400. The Balaban J connectivity index is 3.29. The Morgan fingerprint density at radius 3 is 2.00 bits per heavy atom. The molecule has 0 saturated heterocycles. The van der Waals surface area contributed by atoms with E-state index in [9.17, 15) is 14.7 Å². The van der Waals surface area contributed by atoms with Crippen molar-refractivity contribution < 1.29 is 34.4 Å². The molecule has 2 unspecified atom stereocenters. The molecule has 0 spiro atoms. The number of aliphatic hydroxyl groups is 1. The number of methoxy groups -OCH3 is 2. The van der Waals surface area contributed by atoms with Crippen molar-refractivity contribution >= 4 is 11.9 Å². The van der Waals surface area contributed by atoms with Gasteiger partial charge < -0.3 is 24.8 Å². The number of hydrogen-bond acceptors (Lipinski definition) is 5. The molecule has 0 saturated carbocycles. The largest absolute Gasteiger partial charge is 0.508 e. The minimum absolute atomic E-state index is 0.751. The molecule has 94 valence electrons. The maximum Gasteiger partial charge on any atom is 0.348 e. The molecule has 17 heavy (non-hydrogen) atoms. The second kappa shape index (κ2) is 4.19. The number of rotatable bonds is 4. The molecule has 0 bridgehead atoms. The summed E-state index contributed by atoms with van der Waals surface area (Å²) < 4.78 is 9.47. The van der Waals surface area contributed by atoms with Gasteiger partial charge in [-0.3, -0.25) is 0 Å². The lowest BCUT2D eigenvalue weighted by atomic mass is 9.87. The first kappa shape index (κ1) is 13.2. The third-order valence-corrected chi connectivity index (χ3v) is 2.61. The monoisotopic (exact) mass is 244 g/mol. The Labute approximate surface area is 96.6 Å². The van der Waals surface area contributed by atoms with Crippen molar-refractivity contribution in [1.82, 2.24) is 0 Å². The quantitative estimate of drug-likeness (QED) is 0.593. The molecule has 7 heteroatoms. The number of aliphatic carboxylic acids is 2. The Hall–Kier alpha value is -1.86.